The predicted octanol–water partition coefficient (Wildman–Crippen LogP) is 0.622. The molecular formula is C11H25N3. The topological polar surface area (TPSA) is 18.5 Å². The molecule has 1 heterocycles. The van der Waals surface area contributed by atoms with Crippen LogP contribution < -0.4 is 5.32 Å². The van der Waals surface area contributed by atoms with Crippen LogP contribution in [0.4, 0.5) is 0 Å². The molecule has 3 heteroatoms. The van der Waals surface area contributed by atoms with Crippen LogP contribution in [0.5, 0.6) is 0 Å². The molecule has 84 valence electrons. The normalized spacial score (nSPS) is 25.5. The predicted molar refractivity (Wildman–Crippen MR) is 61.7 cm³/mol. The largest absolute Gasteiger partial charge is 0.318 e. The second-order valence-corrected chi connectivity index (χ2v) is 4.36. The average molecular weight is 199 g/mol. The average Bonchev–Trinajstić information content (AvgIpc) is 2.17. The molecule has 1 rings (SSSR count). The molecule has 1 aliphatic rings. The molecule has 0 aromatic carbocycles. The van der Waals surface area contributed by atoms with Gasteiger partial charge >= 0.3 is 0 Å². The van der Waals surface area contributed by atoms with Crippen LogP contribution in [0.1, 0.15) is 19.8 Å². The SMILES string of the molecule is CCCCN1CCN(C)CC1CNC. The smallest absolute Gasteiger partial charge is 0.0348 e. The van der Waals surface area contributed by atoms with Gasteiger partial charge in [-0.05, 0) is 27.1 Å². The Morgan fingerprint density at radius 3 is 2.79 bits per heavy atom. The van der Waals surface area contributed by atoms with Gasteiger partial charge in [0, 0.05) is 32.2 Å². The summed E-state index contributed by atoms with van der Waals surface area (Å²) in [6, 6.07) is 0.713. The molecule has 14 heavy (non-hydrogen) atoms. The molecule has 0 bridgehead atoms. The number of nitrogens with zero attached hydrogens (tertiary/aromatic N) is 2. The summed E-state index contributed by atoms with van der Waals surface area (Å²) in [5.74, 6) is 0. The van der Waals surface area contributed by atoms with Gasteiger partial charge in [-0.1, -0.05) is 13.3 Å². The van der Waals surface area contributed by atoms with Gasteiger partial charge in [-0.3, -0.25) is 4.90 Å². The Morgan fingerprint density at radius 2 is 2.14 bits per heavy atom. The summed E-state index contributed by atoms with van der Waals surface area (Å²) >= 11 is 0. The number of rotatable bonds is 5. The van der Waals surface area contributed by atoms with Crippen LogP contribution in [-0.4, -0.2) is 62.7 Å². The summed E-state index contributed by atoms with van der Waals surface area (Å²) in [7, 11) is 4.27. The number of likely N-dealkylation sites (N-methyl/N-ethyl adjacent to an activating group) is 2. The first kappa shape index (κ1) is 12.0. The number of hydrogen-bond donors (Lipinski definition) is 1. The molecular weight excluding hydrogens is 174 g/mol. The van der Waals surface area contributed by atoms with Gasteiger partial charge in [-0.2, -0.15) is 0 Å². The van der Waals surface area contributed by atoms with Crippen molar-refractivity contribution in [3.8, 4) is 0 Å². The van der Waals surface area contributed by atoms with Gasteiger partial charge in [0.2, 0.25) is 0 Å². The number of unbranched alkanes of at least 4 members (excludes halogenated alkanes) is 1. The van der Waals surface area contributed by atoms with E-state index >= 15 is 0 Å². The number of nitrogens with one attached hydrogen (secondary N) is 1. The molecule has 1 saturated heterocycles. The minimum absolute atomic E-state index is 0.713. The molecule has 1 aliphatic heterocycles. The third-order valence-electron chi connectivity index (χ3n) is 3.05. The number of hydrogen-bond acceptors (Lipinski definition) is 3. The molecule has 0 spiro atoms. The highest BCUT2D eigenvalue weighted by molar-refractivity contribution is 4.81. The lowest BCUT2D eigenvalue weighted by Gasteiger charge is -2.40. The molecule has 0 aliphatic carbocycles. The lowest BCUT2D eigenvalue weighted by molar-refractivity contribution is 0.0892. The Balaban J connectivity index is 2.36. The van der Waals surface area contributed by atoms with Crippen LogP contribution in [0.2, 0.25) is 0 Å². The van der Waals surface area contributed by atoms with E-state index in [1.54, 1.807) is 0 Å². The van der Waals surface area contributed by atoms with Crippen molar-refractivity contribution in [2.45, 2.75) is 25.8 Å². The van der Waals surface area contributed by atoms with Crippen molar-refractivity contribution >= 4 is 0 Å². The van der Waals surface area contributed by atoms with E-state index in [9.17, 15) is 0 Å². The van der Waals surface area contributed by atoms with Crippen LogP contribution in [0.25, 0.3) is 0 Å². The first-order valence-electron chi connectivity index (χ1n) is 5.85. The van der Waals surface area contributed by atoms with Crippen LogP contribution in [0.15, 0.2) is 0 Å². The molecule has 0 amide bonds. The van der Waals surface area contributed by atoms with E-state index in [1.165, 1.54) is 39.0 Å². The quantitative estimate of drug-likeness (QED) is 0.700. The van der Waals surface area contributed by atoms with E-state index < -0.39 is 0 Å². The van der Waals surface area contributed by atoms with Crippen molar-refractivity contribution in [1.29, 1.82) is 0 Å². The molecule has 0 saturated carbocycles. The monoisotopic (exact) mass is 199 g/mol. The Hall–Kier alpha value is -0.120. The summed E-state index contributed by atoms with van der Waals surface area (Å²) < 4.78 is 0. The lowest BCUT2D eigenvalue weighted by Crippen LogP contribution is -2.55. The third-order valence-corrected chi connectivity index (χ3v) is 3.05. The highest BCUT2D eigenvalue weighted by Gasteiger charge is 2.23. The molecule has 1 atom stereocenters. The summed E-state index contributed by atoms with van der Waals surface area (Å²) in [6.07, 6.45) is 2.64. The molecule has 3 nitrogen and oxygen atoms in total. The van der Waals surface area contributed by atoms with Gasteiger partial charge < -0.3 is 10.2 Å². The van der Waals surface area contributed by atoms with E-state index in [-0.39, 0.29) is 0 Å². The van der Waals surface area contributed by atoms with Gasteiger partial charge in [0.1, 0.15) is 0 Å². The zero-order valence-corrected chi connectivity index (χ0v) is 9.92. The highest BCUT2D eigenvalue weighted by atomic mass is 15.3. The van der Waals surface area contributed by atoms with Crippen LogP contribution >= 0.6 is 0 Å². The Morgan fingerprint density at radius 1 is 1.36 bits per heavy atom. The van der Waals surface area contributed by atoms with Crippen LogP contribution in [0, 0.1) is 0 Å². The molecule has 0 aromatic rings. The van der Waals surface area contributed by atoms with E-state index in [0.717, 1.165) is 6.54 Å². The van der Waals surface area contributed by atoms with Gasteiger partial charge in [0.25, 0.3) is 0 Å². The zero-order chi connectivity index (χ0) is 10.4. The maximum Gasteiger partial charge on any atom is 0.0348 e. The molecule has 1 fully saturated rings. The van der Waals surface area contributed by atoms with E-state index in [2.05, 4.69) is 29.1 Å². The highest BCUT2D eigenvalue weighted by Crippen LogP contribution is 2.08. The first-order chi connectivity index (χ1) is 6.77. The van der Waals surface area contributed by atoms with Crippen molar-refractivity contribution in [3.63, 3.8) is 0 Å². The van der Waals surface area contributed by atoms with E-state index in [1.807, 2.05) is 7.05 Å². The first-order valence-corrected chi connectivity index (χ1v) is 5.85. The fourth-order valence-electron chi connectivity index (χ4n) is 2.13. The second-order valence-electron chi connectivity index (χ2n) is 4.36. The second kappa shape index (κ2) is 6.38. The van der Waals surface area contributed by atoms with Gasteiger partial charge in [-0.25, -0.2) is 0 Å². The minimum atomic E-state index is 0.713. The standard InChI is InChI=1S/C11H25N3/c1-4-5-6-14-8-7-13(3)10-11(14)9-12-2/h11-12H,4-10H2,1-3H3. The van der Waals surface area contributed by atoms with Gasteiger partial charge in [0.05, 0.1) is 0 Å². The minimum Gasteiger partial charge on any atom is -0.318 e. The van der Waals surface area contributed by atoms with E-state index in [4.69, 9.17) is 0 Å². The summed E-state index contributed by atoms with van der Waals surface area (Å²) in [5, 5.41) is 3.30. The van der Waals surface area contributed by atoms with Crippen molar-refractivity contribution in [3.05, 3.63) is 0 Å². The molecule has 0 radical (unpaired) electrons. The molecule has 1 N–H and O–H groups in total. The maximum atomic E-state index is 3.30. The zero-order valence-electron chi connectivity index (χ0n) is 9.92. The van der Waals surface area contributed by atoms with Gasteiger partial charge in [-0.15, -0.1) is 0 Å². The summed E-state index contributed by atoms with van der Waals surface area (Å²) in [5.41, 5.74) is 0. The van der Waals surface area contributed by atoms with Crippen molar-refractivity contribution in [2.75, 3.05) is 46.8 Å². The Labute approximate surface area is 88.5 Å². The summed E-state index contributed by atoms with van der Waals surface area (Å²) in [6.45, 7) is 8.34. The van der Waals surface area contributed by atoms with Crippen molar-refractivity contribution in [1.82, 2.24) is 15.1 Å². The fourth-order valence-corrected chi connectivity index (χ4v) is 2.13. The Kier molecular flexibility index (Phi) is 5.45. The van der Waals surface area contributed by atoms with Gasteiger partial charge in [0.15, 0.2) is 0 Å². The molecule has 1 unspecified atom stereocenters. The van der Waals surface area contributed by atoms with Crippen LogP contribution in [-0.2, 0) is 0 Å². The van der Waals surface area contributed by atoms with E-state index in [0.29, 0.717) is 6.04 Å². The number of piperazine rings is 1. The Bertz CT molecular complexity index is 147. The summed E-state index contributed by atoms with van der Waals surface area (Å²) in [4.78, 5) is 5.07. The van der Waals surface area contributed by atoms with Crippen LogP contribution in [0.3, 0.4) is 0 Å². The fraction of sp³-hybridized carbons (Fsp3) is 1.00. The molecule has 0 aromatic heterocycles. The van der Waals surface area contributed by atoms with Crippen molar-refractivity contribution < 1.29 is 0 Å². The third kappa shape index (κ3) is 3.56. The van der Waals surface area contributed by atoms with Crippen molar-refractivity contribution in [2.24, 2.45) is 0 Å². The lowest BCUT2D eigenvalue weighted by atomic mass is 10.1. The maximum absolute atomic E-state index is 3.30.